The van der Waals surface area contributed by atoms with Crippen LogP contribution in [-0.4, -0.2) is 0 Å². The molecule has 2 rings (SSSR count). The lowest BCUT2D eigenvalue weighted by Gasteiger charge is -2.21. The number of aryl methyl sites for hydroxylation is 1. The van der Waals surface area contributed by atoms with Crippen molar-refractivity contribution in [3.05, 3.63) is 35.4 Å². The predicted octanol–water partition coefficient (Wildman–Crippen LogP) is 4.79. The van der Waals surface area contributed by atoms with Crippen LogP contribution in [0.3, 0.4) is 0 Å². The molecule has 1 aromatic rings. The number of fused-ring (bicyclic) bond motifs is 1. The summed E-state index contributed by atoms with van der Waals surface area (Å²) in [6.45, 7) is 8.83. The predicted molar refractivity (Wildman–Crippen MR) is 68.3 cm³/mol. The van der Waals surface area contributed by atoms with Gasteiger partial charge in [0.05, 0.1) is 0 Å². The zero-order valence-corrected chi connectivity index (χ0v) is 10.6. The number of hydrogen-bond donors (Lipinski definition) is 0. The van der Waals surface area contributed by atoms with Gasteiger partial charge in [-0.15, -0.1) is 0 Å². The summed E-state index contributed by atoms with van der Waals surface area (Å²) in [7, 11) is 0. The second kappa shape index (κ2) is 5.95. The normalized spacial score (nSPS) is 19.1. The second-order valence-electron chi connectivity index (χ2n) is 5.22. The molecule has 1 atom stereocenters. The topological polar surface area (TPSA) is 0 Å². The molecule has 0 amide bonds. The van der Waals surface area contributed by atoms with Gasteiger partial charge in [0.15, 0.2) is 0 Å². The Morgan fingerprint density at radius 1 is 1.13 bits per heavy atom. The van der Waals surface area contributed by atoms with E-state index in [0.29, 0.717) is 0 Å². The van der Waals surface area contributed by atoms with Crippen molar-refractivity contribution >= 4 is 0 Å². The van der Waals surface area contributed by atoms with Gasteiger partial charge < -0.3 is 0 Å². The molecule has 1 aliphatic carbocycles. The molecule has 1 unspecified atom stereocenters. The van der Waals surface area contributed by atoms with E-state index in [-0.39, 0.29) is 0 Å². The SMILES string of the molecule is CC(C)C.CC1CCCc2ccccc21. The molecule has 0 aromatic heterocycles. The van der Waals surface area contributed by atoms with Gasteiger partial charge in [-0.05, 0) is 42.2 Å². The number of hydrogen-bond acceptors (Lipinski definition) is 0. The summed E-state index contributed by atoms with van der Waals surface area (Å²) in [5, 5.41) is 0. The highest BCUT2D eigenvalue weighted by Crippen LogP contribution is 2.30. The van der Waals surface area contributed by atoms with Crippen LogP contribution in [0.5, 0.6) is 0 Å². The van der Waals surface area contributed by atoms with Crippen LogP contribution >= 0.6 is 0 Å². The Hall–Kier alpha value is -0.780. The smallest absolute Gasteiger partial charge is 0.0188 e. The van der Waals surface area contributed by atoms with E-state index in [9.17, 15) is 0 Å². The summed E-state index contributed by atoms with van der Waals surface area (Å²) in [5.41, 5.74) is 3.16. The van der Waals surface area contributed by atoms with Crippen LogP contribution in [0.2, 0.25) is 0 Å². The molecule has 0 spiro atoms. The first-order chi connectivity index (χ1) is 7.11. The first kappa shape index (κ1) is 12.3. The van der Waals surface area contributed by atoms with Crippen LogP contribution in [-0.2, 0) is 6.42 Å². The fraction of sp³-hybridized carbons (Fsp3) is 0.600. The molecule has 0 bridgehead atoms. The summed E-state index contributed by atoms with van der Waals surface area (Å²) in [4.78, 5) is 0. The van der Waals surface area contributed by atoms with E-state index in [1.165, 1.54) is 19.3 Å². The Labute approximate surface area is 94.7 Å². The quantitative estimate of drug-likeness (QED) is 0.570. The minimum absolute atomic E-state index is 0.792. The van der Waals surface area contributed by atoms with Gasteiger partial charge >= 0.3 is 0 Å². The second-order valence-corrected chi connectivity index (χ2v) is 5.22. The van der Waals surface area contributed by atoms with Gasteiger partial charge in [-0.3, -0.25) is 0 Å². The molecule has 0 nitrogen and oxygen atoms in total. The van der Waals surface area contributed by atoms with E-state index in [4.69, 9.17) is 0 Å². The van der Waals surface area contributed by atoms with Crippen LogP contribution in [0.1, 0.15) is 57.6 Å². The molecule has 1 aliphatic rings. The lowest BCUT2D eigenvalue weighted by atomic mass is 9.84. The van der Waals surface area contributed by atoms with E-state index in [1.807, 2.05) is 0 Å². The average Bonchev–Trinajstić information content (AvgIpc) is 2.18. The zero-order valence-electron chi connectivity index (χ0n) is 10.6. The van der Waals surface area contributed by atoms with Gasteiger partial charge in [0.25, 0.3) is 0 Å². The molecule has 0 heteroatoms. The van der Waals surface area contributed by atoms with Crippen LogP contribution in [0, 0.1) is 5.92 Å². The van der Waals surface area contributed by atoms with E-state index in [1.54, 1.807) is 11.1 Å². The molecule has 0 N–H and O–H groups in total. The molecule has 1 aromatic carbocycles. The number of rotatable bonds is 0. The summed E-state index contributed by atoms with van der Waals surface area (Å²) in [6.07, 6.45) is 4.04. The highest BCUT2D eigenvalue weighted by Gasteiger charge is 2.14. The van der Waals surface area contributed by atoms with Crippen molar-refractivity contribution in [3.63, 3.8) is 0 Å². The maximum atomic E-state index is 2.33. The summed E-state index contributed by atoms with van der Waals surface area (Å²) in [6, 6.07) is 8.85. The first-order valence-electron chi connectivity index (χ1n) is 6.19. The van der Waals surface area contributed by atoms with Crippen LogP contribution < -0.4 is 0 Å². The Kier molecular flexibility index (Phi) is 4.87. The Balaban J connectivity index is 0.000000245. The molecule has 0 saturated carbocycles. The molecule has 0 fully saturated rings. The maximum Gasteiger partial charge on any atom is -0.0188 e. The van der Waals surface area contributed by atoms with Gasteiger partial charge in [-0.25, -0.2) is 0 Å². The molecule has 84 valence electrons. The zero-order chi connectivity index (χ0) is 11.3. The van der Waals surface area contributed by atoms with Crippen LogP contribution in [0.25, 0.3) is 0 Å². The Bertz CT molecular complexity index is 283. The lowest BCUT2D eigenvalue weighted by Crippen LogP contribution is -2.05. The van der Waals surface area contributed by atoms with Gasteiger partial charge in [0.2, 0.25) is 0 Å². The monoisotopic (exact) mass is 204 g/mol. The molecular weight excluding hydrogens is 180 g/mol. The largest absolute Gasteiger partial charge is 0.0630 e. The van der Waals surface area contributed by atoms with E-state index >= 15 is 0 Å². The van der Waals surface area contributed by atoms with Crippen molar-refractivity contribution in [3.8, 4) is 0 Å². The van der Waals surface area contributed by atoms with Gasteiger partial charge in [-0.2, -0.15) is 0 Å². The van der Waals surface area contributed by atoms with Crippen molar-refractivity contribution in [2.75, 3.05) is 0 Å². The molecule has 15 heavy (non-hydrogen) atoms. The van der Waals surface area contributed by atoms with E-state index < -0.39 is 0 Å². The fourth-order valence-electron chi connectivity index (χ4n) is 2.00. The van der Waals surface area contributed by atoms with Crippen LogP contribution in [0.15, 0.2) is 24.3 Å². The first-order valence-corrected chi connectivity index (χ1v) is 6.19. The Morgan fingerprint density at radius 3 is 2.33 bits per heavy atom. The fourth-order valence-corrected chi connectivity index (χ4v) is 2.00. The minimum Gasteiger partial charge on any atom is -0.0630 e. The van der Waals surface area contributed by atoms with Gasteiger partial charge in [0.1, 0.15) is 0 Å². The van der Waals surface area contributed by atoms with Crippen molar-refractivity contribution in [1.29, 1.82) is 0 Å². The highest BCUT2D eigenvalue weighted by molar-refractivity contribution is 5.31. The third kappa shape index (κ3) is 4.07. The Morgan fingerprint density at radius 2 is 1.73 bits per heavy atom. The molecule has 0 radical (unpaired) electrons. The van der Waals surface area contributed by atoms with Gasteiger partial charge in [0, 0.05) is 0 Å². The minimum atomic E-state index is 0.792. The summed E-state index contributed by atoms with van der Waals surface area (Å²) < 4.78 is 0. The van der Waals surface area contributed by atoms with Crippen molar-refractivity contribution in [2.24, 2.45) is 5.92 Å². The van der Waals surface area contributed by atoms with Crippen molar-refractivity contribution < 1.29 is 0 Å². The average molecular weight is 204 g/mol. The van der Waals surface area contributed by atoms with Crippen molar-refractivity contribution in [1.82, 2.24) is 0 Å². The standard InChI is InChI=1S/C11H14.C4H10/c1-9-5-4-7-10-6-2-3-8-11(9)10;1-4(2)3/h2-3,6,8-9H,4-5,7H2,1H3;4H,1-3H3. The molecule has 0 saturated heterocycles. The van der Waals surface area contributed by atoms with E-state index in [2.05, 4.69) is 52.0 Å². The molecule has 0 heterocycles. The number of benzene rings is 1. The van der Waals surface area contributed by atoms with Gasteiger partial charge in [-0.1, -0.05) is 52.0 Å². The van der Waals surface area contributed by atoms with Crippen molar-refractivity contribution in [2.45, 2.75) is 52.9 Å². The van der Waals surface area contributed by atoms with E-state index in [0.717, 1.165) is 11.8 Å². The summed E-state index contributed by atoms with van der Waals surface area (Å²) in [5.74, 6) is 1.62. The van der Waals surface area contributed by atoms with Crippen LogP contribution in [0.4, 0.5) is 0 Å². The highest BCUT2D eigenvalue weighted by atomic mass is 14.2. The third-order valence-electron chi connectivity index (χ3n) is 2.67. The molecular formula is C15H24. The summed E-state index contributed by atoms with van der Waals surface area (Å²) >= 11 is 0. The molecule has 0 aliphatic heterocycles. The lowest BCUT2D eigenvalue weighted by molar-refractivity contribution is 0.590. The third-order valence-corrected chi connectivity index (χ3v) is 2.67. The maximum absolute atomic E-state index is 2.33.